The molecule has 0 aromatic heterocycles. The van der Waals surface area contributed by atoms with Crippen molar-refractivity contribution in [3.05, 3.63) is 48.6 Å². The molecule has 1 amide bonds. The first kappa shape index (κ1) is 17.9. The zero-order valence-electron chi connectivity index (χ0n) is 12.9. The number of hydrogen-bond donors (Lipinski definition) is 1. The van der Waals surface area contributed by atoms with Crippen LogP contribution in [0.1, 0.15) is 18.9 Å². The van der Waals surface area contributed by atoms with Crippen molar-refractivity contribution < 1.29 is 19.1 Å². The minimum Gasteiger partial charge on any atom is -0.454 e. The Kier molecular flexibility index (Phi) is 8.60. The zero-order chi connectivity index (χ0) is 16.2. The standard InChI is InChI=1S/C17H23NO4/c1-3-12-21-14(2)17(20)22-13-16(19)18-11-7-10-15-8-5-4-6-9-15/h3-6,8-9,14H,1,7,10-13H2,2H3,(H,18,19). The van der Waals surface area contributed by atoms with Gasteiger partial charge in [-0.15, -0.1) is 6.58 Å². The van der Waals surface area contributed by atoms with Gasteiger partial charge in [-0.2, -0.15) is 0 Å². The van der Waals surface area contributed by atoms with Gasteiger partial charge in [0.2, 0.25) is 0 Å². The number of rotatable bonds is 10. The summed E-state index contributed by atoms with van der Waals surface area (Å²) in [4.78, 5) is 23.1. The summed E-state index contributed by atoms with van der Waals surface area (Å²) in [6.45, 7) is 5.59. The second kappa shape index (κ2) is 10.6. The summed E-state index contributed by atoms with van der Waals surface area (Å²) < 4.78 is 9.98. The van der Waals surface area contributed by atoms with Gasteiger partial charge in [0.15, 0.2) is 12.7 Å². The average molecular weight is 305 g/mol. The lowest BCUT2D eigenvalue weighted by Gasteiger charge is -2.11. The number of amides is 1. The molecule has 120 valence electrons. The Morgan fingerprint density at radius 2 is 2.05 bits per heavy atom. The van der Waals surface area contributed by atoms with Crippen LogP contribution in [0.2, 0.25) is 0 Å². The van der Waals surface area contributed by atoms with Gasteiger partial charge in [0, 0.05) is 6.54 Å². The fraction of sp³-hybridized carbons (Fsp3) is 0.412. The van der Waals surface area contributed by atoms with Crippen molar-refractivity contribution in [1.82, 2.24) is 5.32 Å². The normalized spacial score (nSPS) is 11.5. The molecule has 1 aromatic carbocycles. The zero-order valence-corrected chi connectivity index (χ0v) is 12.9. The van der Waals surface area contributed by atoms with Crippen LogP contribution in [0.5, 0.6) is 0 Å². The molecule has 0 spiro atoms. The molecule has 1 N–H and O–H groups in total. The number of nitrogens with one attached hydrogen (secondary N) is 1. The molecule has 0 aliphatic rings. The number of esters is 1. The van der Waals surface area contributed by atoms with E-state index in [2.05, 4.69) is 11.9 Å². The van der Waals surface area contributed by atoms with Gasteiger partial charge >= 0.3 is 5.97 Å². The Labute approximate surface area is 131 Å². The van der Waals surface area contributed by atoms with E-state index < -0.39 is 12.1 Å². The lowest BCUT2D eigenvalue weighted by atomic mass is 10.1. The first-order valence-electron chi connectivity index (χ1n) is 7.33. The molecule has 5 nitrogen and oxygen atoms in total. The quantitative estimate of drug-likeness (QED) is 0.407. The van der Waals surface area contributed by atoms with Crippen molar-refractivity contribution in [2.75, 3.05) is 19.8 Å². The SMILES string of the molecule is C=CCOC(C)C(=O)OCC(=O)NCCCc1ccccc1. The van der Waals surface area contributed by atoms with Crippen LogP contribution in [0.15, 0.2) is 43.0 Å². The highest BCUT2D eigenvalue weighted by Gasteiger charge is 2.15. The first-order chi connectivity index (χ1) is 10.6. The minimum atomic E-state index is -0.705. The van der Waals surface area contributed by atoms with Gasteiger partial charge in [-0.1, -0.05) is 36.4 Å². The Morgan fingerprint density at radius 1 is 1.32 bits per heavy atom. The second-order valence-corrected chi connectivity index (χ2v) is 4.81. The molecule has 0 saturated heterocycles. The Bertz CT molecular complexity index is 473. The Balaban J connectivity index is 2.10. The van der Waals surface area contributed by atoms with Gasteiger partial charge < -0.3 is 14.8 Å². The fourth-order valence-electron chi connectivity index (χ4n) is 1.75. The van der Waals surface area contributed by atoms with E-state index >= 15 is 0 Å². The number of benzene rings is 1. The molecule has 1 unspecified atom stereocenters. The summed E-state index contributed by atoms with van der Waals surface area (Å²) in [5, 5.41) is 2.72. The molecule has 0 fully saturated rings. The van der Waals surface area contributed by atoms with Gasteiger partial charge in [0.1, 0.15) is 0 Å². The first-order valence-corrected chi connectivity index (χ1v) is 7.33. The number of hydrogen-bond acceptors (Lipinski definition) is 4. The van der Waals surface area contributed by atoms with Gasteiger partial charge in [0.25, 0.3) is 5.91 Å². The van der Waals surface area contributed by atoms with Crippen LogP contribution in [0.4, 0.5) is 0 Å². The van der Waals surface area contributed by atoms with Gasteiger partial charge in [0.05, 0.1) is 6.61 Å². The molecular formula is C17H23NO4. The minimum absolute atomic E-state index is 0.266. The summed E-state index contributed by atoms with van der Waals surface area (Å²) in [5.74, 6) is -0.862. The van der Waals surface area contributed by atoms with E-state index in [4.69, 9.17) is 9.47 Å². The highest BCUT2D eigenvalue weighted by atomic mass is 16.6. The van der Waals surface area contributed by atoms with Gasteiger partial charge in [-0.25, -0.2) is 4.79 Å². The van der Waals surface area contributed by atoms with Crippen LogP contribution in [-0.2, 0) is 25.5 Å². The van der Waals surface area contributed by atoms with Crippen LogP contribution in [0.3, 0.4) is 0 Å². The van der Waals surface area contributed by atoms with Crippen LogP contribution in [0.25, 0.3) is 0 Å². The highest BCUT2D eigenvalue weighted by Crippen LogP contribution is 2.01. The molecule has 0 heterocycles. The van der Waals surface area contributed by atoms with Crippen molar-refractivity contribution in [1.29, 1.82) is 0 Å². The molecule has 5 heteroatoms. The third-order valence-corrected chi connectivity index (χ3v) is 2.95. The highest BCUT2D eigenvalue weighted by molar-refractivity contribution is 5.81. The summed E-state index contributed by atoms with van der Waals surface area (Å²) in [6.07, 6.45) is 2.57. The monoisotopic (exact) mass is 305 g/mol. The van der Waals surface area contributed by atoms with Crippen molar-refractivity contribution in [3.8, 4) is 0 Å². The molecule has 0 aliphatic heterocycles. The van der Waals surface area contributed by atoms with Crippen LogP contribution >= 0.6 is 0 Å². The van der Waals surface area contributed by atoms with Crippen molar-refractivity contribution in [2.24, 2.45) is 0 Å². The van der Waals surface area contributed by atoms with Crippen molar-refractivity contribution >= 4 is 11.9 Å². The van der Waals surface area contributed by atoms with E-state index in [1.165, 1.54) is 5.56 Å². The third-order valence-electron chi connectivity index (χ3n) is 2.95. The van der Waals surface area contributed by atoms with E-state index in [1.807, 2.05) is 30.3 Å². The van der Waals surface area contributed by atoms with E-state index in [0.29, 0.717) is 6.54 Å². The number of carbonyl (C=O) groups excluding carboxylic acids is 2. The maximum atomic E-state index is 11.6. The van der Waals surface area contributed by atoms with Gasteiger partial charge in [-0.3, -0.25) is 4.79 Å². The largest absolute Gasteiger partial charge is 0.454 e. The molecule has 0 aliphatic carbocycles. The predicted octanol–water partition coefficient (Wildman–Crippen LogP) is 1.87. The summed E-state index contributed by atoms with van der Waals surface area (Å²) in [7, 11) is 0. The van der Waals surface area contributed by atoms with Crippen molar-refractivity contribution in [2.45, 2.75) is 25.9 Å². The molecule has 1 atom stereocenters. The smallest absolute Gasteiger partial charge is 0.335 e. The van der Waals surface area contributed by atoms with E-state index in [-0.39, 0.29) is 19.1 Å². The fourth-order valence-corrected chi connectivity index (χ4v) is 1.75. The van der Waals surface area contributed by atoms with Crippen LogP contribution < -0.4 is 5.32 Å². The predicted molar refractivity (Wildman–Crippen MR) is 84.3 cm³/mol. The molecule has 0 bridgehead atoms. The number of ether oxygens (including phenoxy) is 2. The molecule has 0 saturated carbocycles. The number of aryl methyl sites for hydroxylation is 1. The van der Waals surface area contributed by atoms with Crippen molar-refractivity contribution in [3.63, 3.8) is 0 Å². The number of carbonyl (C=O) groups is 2. The Hall–Kier alpha value is -2.14. The van der Waals surface area contributed by atoms with E-state index in [9.17, 15) is 9.59 Å². The molecule has 22 heavy (non-hydrogen) atoms. The maximum absolute atomic E-state index is 11.6. The third kappa shape index (κ3) is 7.59. The van der Waals surface area contributed by atoms with Gasteiger partial charge in [-0.05, 0) is 25.3 Å². The summed E-state index contributed by atoms with van der Waals surface area (Å²) in [6, 6.07) is 10.0. The summed E-state index contributed by atoms with van der Waals surface area (Å²) in [5.41, 5.74) is 1.23. The second-order valence-electron chi connectivity index (χ2n) is 4.81. The molecule has 1 rings (SSSR count). The van der Waals surface area contributed by atoms with Crippen LogP contribution in [0, 0.1) is 0 Å². The topological polar surface area (TPSA) is 64.6 Å². The van der Waals surface area contributed by atoms with E-state index in [0.717, 1.165) is 12.8 Å². The Morgan fingerprint density at radius 3 is 2.73 bits per heavy atom. The maximum Gasteiger partial charge on any atom is 0.335 e. The lowest BCUT2D eigenvalue weighted by molar-refractivity contribution is -0.158. The van der Waals surface area contributed by atoms with E-state index in [1.54, 1.807) is 13.0 Å². The lowest BCUT2D eigenvalue weighted by Crippen LogP contribution is -2.32. The summed E-state index contributed by atoms with van der Waals surface area (Å²) >= 11 is 0. The molecular weight excluding hydrogens is 282 g/mol. The van der Waals surface area contributed by atoms with Crippen LogP contribution in [-0.4, -0.2) is 37.7 Å². The average Bonchev–Trinajstić information content (AvgIpc) is 2.55. The molecule has 1 aromatic rings. The molecule has 0 radical (unpaired) electrons.